The van der Waals surface area contributed by atoms with Crippen molar-refractivity contribution >= 4 is 18.0 Å². The summed E-state index contributed by atoms with van der Waals surface area (Å²) in [6.45, 7) is 12.2. The van der Waals surface area contributed by atoms with Crippen LogP contribution in [0.1, 0.15) is 99.3 Å². The molecular formula is C31H50N2O6. The number of alkyl carbamates (subject to hydrolysis) is 1. The van der Waals surface area contributed by atoms with Crippen molar-refractivity contribution in [3.8, 4) is 0 Å². The minimum atomic E-state index is -1.16. The summed E-state index contributed by atoms with van der Waals surface area (Å²) in [6.07, 6.45) is 9.98. The van der Waals surface area contributed by atoms with Crippen molar-refractivity contribution in [1.29, 1.82) is 0 Å². The summed E-state index contributed by atoms with van der Waals surface area (Å²) in [4.78, 5) is 37.0. The number of fused-ring (bicyclic) bond motifs is 5. The van der Waals surface area contributed by atoms with Gasteiger partial charge < -0.3 is 25.6 Å². The number of aliphatic hydroxyl groups excluding tert-OH is 1. The summed E-state index contributed by atoms with van der Waals surface area (Å²) in [5.74, 6) is 0.854. The highest BCUT2D eigenvalue weighted by atomic mass is 16.6. The predicted octanol–water partition coefficient (Wildman–Crippen LogP) is 5.05. The summed E-state index contributed by atoms with van der Waals surface area (Å²) < 4.78 is 5.18. The molecule has 220 valence electrons. The molecule has 0 aliphatic heterocycles. The summed E-state index contributed by atoms with van der Waals surface area (Å²) in [6, 6.07) is -1.13. The van der Waals surface area contributed by atoms with E-state index < -0.39 is 23.7 Å². The first-order valence-electron chi connectivity index (χ1n) is 15.0. The molecule has 0 radical (unpaired) electrons. The molecule has 4 aliphatic carbocycles. The third kappa shape index (κ3) is 6.01. The molecule has 39 heavy (non-hydrogen) atoms. The number of aliphatic hydroxyl groups is 1. The van der Waals surface area contributed by atoms with E-state index in [4.69, 9.17) is 4.74 Å². The van der Waals surface area contributed by atoms with Crippen LogP contribution < -0.4 is 10.6 Å². The van der Waals surface area contributed by atoms with Gasteiger partial charge in [-0.15, -0.1) is 0 Å². The Hall–Kier alpha value is -2.09. The number of hydrogen-bond acceptors (Lipinski definition) is 5. The van der Waals surface area contributed by atoms with Gasteiger partial charge in [0.05, 0.1) is 6.10 Å². The van der Waals surface area contributed by atoms with Gasteiger partial charge in [-0.05, 0) is 113 Å². The average Bonchev–Trinajstić information content (AvgIpc) is 3.19. The third-order valence-electron chi connectivity index (χ3n) is 10.9. The van der Waals surface area contributed by atoms with Crippen molar-refractivity contribution in [1.82, 2.24) is 10.6 Å². The standard InChI is InChI=1S/C31H50N2O6/c1-18(26(35)32-16-13-25(27(36)37)33-28(38)39-29(2,3)4)22-9-10-23-21-8-7-19-17-20(34)11-14-30(19,5)24(21)12-15-31(22,23)6/h7,18,20-25,34H,8-17H2,1-6H3,(H,32,35)(H,33,38)(H,36,37)/t18-,20-,21?,22+,23-,24-,25-,30-,31+/m0/s1. The topological polar surface area (TPSA) is 125 Å². The maximum absolute atomic E-state index is 13.3. The van der Waals surface area contributed by atoms with Gasteiger partial charge in [-0.25, -0.2) is 9.59 Å². The predicted molar refractivity (Wildman–Crippen MR) is 149 cm³/mol. The summed E-state index contributed by atoms with van der Waals surface area (Å²) >= 11 is 0. The van der Waals surface area contributed by atoms with Gasteiger partial charge in [0.2, 0.25) is 5.91 Å². The molecule has 2 amide bonds. The molecule has 0 aromatic heterocycles. The van der Waals surface area contributed by atoms with E-state index in [0.29, 0.717) is 23.7 Å². The molecule has 9 atom stereocenters. The number of carboxylic acid groups (broad SMARTS) is 1. The SMILES string of the molecule is C[C@H](C(=O)NCC[C@H](NC(=O)OC(C)(C)C)C(=O)O)[C@H]1CC[C@H]2C3CC=C4C[C@@H](O)CC[C@]4(C)[C@H]3CC[C@]12C. The number of allylic oxidation sites excluding steroid dienone is 1. The molecule has 3 fully saturated rings. The van der Waals surface area contributed by atoms with E-state index in [1.54, 1.807) is 20.8 Å². The average molecular weight is 547 g/mol. The van der Waals surface area contributed by atoms with E-state index in [2.05, 4.69) is 30.6 Å². The van der Waals surface area contributed by atoms with Crippen molar-refractivity contribution in [3.63, 3.8) is 0 Å². The number of carbonyl (C=O) groups excluding carboxylic acids is 2. The Labute approximate surface area is 233 Å². The molecule has 4 rings (SSSR count). The molecule has 0 aromatic rings. The molecule has 8 heteroatoms. The largest absolute Gasteiger partial charge is 0.480 e. The van der Waals surface area contributed by atoms with Crippen LogP contribution in [0.15, 0.2) is 11.6 Å². The molecule has 1 unspecified atom stereocenters. The summed E-state index contributed by atoms with van der Waals surface area (Å²) in [5, 5.41) is 25.1. The lowest BCUT2D eigenvalue weighted by Gasteiger charge is -2.58. The molecule has 0 aromatic carbocycles. The molecule has 0 bridgehead atoms. The smallest absolute Gasteiger partial charge is 0.408 e. The zero-order chi connectivity index (χ0) is 28.8. The van der Waals surface area contributed by atoms with Crippen LogP contribution in [0.4, 0.5) is 4.79 Å². The number of carboxylic acids is 1. The summed E-state index contributed by atoms with van der Waals surface area (Å²) in [7, 11) is 0. The van der Waals surface area contributed by atoms with Gasteiger partial charge in [-0.3, -0.25) is 4.79 Å². The second kappa shape index (κ2) is 11.1. The quantitative estimate of drug-likeness (QED) is 0.331. The van der Waals surface area contributed by atoms with Crippen LogP contribution in [0.2, 0.25) is 0 Å². The van der Waals surface area contributed by atoms with Crippen LogP contribution in [0.25, 0.3) is 0 Å². The van der Waals surface area contributed by atoms with Crippen LogP contribution in [0.5, 0.6) is 0 Å². The Morgan fingerprint density at radius 3 is 2.49 bits per heavy atom. The maximum atomic E-state index is 13.3. The van der Waals surface area contributed by atoms with Crippen LogP contribution in [0.3, 0.4) is 0 Å². The Bertz CT molecular complexity index is 988. The van der Waals surface area contributed by atoms with Gasteiger partial charge in [0, 0.05) is 12.5 Å². The first-order valence-corrected chi connectivity index (χ1v) is 15.0. The number of hydrogen-bond donors (Lipinski definition) is 4. The van der Waals surface area contributed by atoms with Gasteiger partial charge in [-0.1, -0.05) is 32.4 Å². The Kier molecular flexibility index (Phi) is 8.47. The van der Waals surface area contributed by atoms with Gasteiger partial charge in [-0.2, -0.15) is 0 Å². The van der Waals surface area contributed by atoms with Crippen molar-refractivity contribution in [2.75, 3.05) is 6.54 Å². The number of aliphatic carboxylic acids is 1. The molecule has 0 heterocycles. The highest BCUT2D eigenvalue weighted by molar-refractivity contribution is 5.81. The first-order chi connectivity index (χ1) is 18.2. The van der Waals surface area contributed by atoms with E-state index in [1.807, 2.05) is 6.92 Å². The van der Waals surface area contributed by atoms with Crippen molar-refractivity contribution < 1.29 is 29.3 Å². The van der Waals surface area contributed by atoms with Crippen LogP contribution >= 0.6 is 0 Å². The highest BCUT2D eigenvalue weighted by Crippen LogP contribution is 2.67. The van der Waals surface area contributed by atoms with Crippen LogP contribution in [0, 0.1) is 40.4 Å². The molecule has 0 spiro atoms. The molecule has 3 saturated carbocycles. The highest BCUT2D eigenvalue weighted by Gasteiger charge is 2.59. The lowest BCUT2D eigenvalue weighted by Crippen LogP contribution is -2.51. The third-order valence-corrected chi connectivity index (χ3v) is 10.9. The molecule has 4 N–H and O–H groups in total. The number of amides is 2. The number of rotatable bonds is 7. The van der Waals surface area contributed by atoms with Crippen LogP contribution in [-0.2, 0) is 14.3 Å². The zero-order valence-corrected chi connectivity index (χ0v) is 24.7. The van der Waals surface area contributed by atoms with Gasteiger partial charge >= 0.3 is 12.1 Å². The fourth-order valence-electron chi connectivity index (χ4n) is 8.89. The second-order valence-corrected chi connectivity index (χ2v) is 14.3. The monoisotopic (exact) mass is 546 g/mol. The second-order valence-electron chi connectivity index (χ2n) is 14.3. The Balaban J connectivity index is 1.35. The lowest BCUT2D eigenvalue weighted by atomic mass is 9.47. The number of ether oxygens (including phenoxy) is 1. The molecule has 4 aliphatic rings. The Morgan fingerprint density at radius 1 is 1.10 bits per heavy atom. The number of nitrogens with one attached hydrogen (secondary N) is 2. The van der Waals surface area contributed by atoms with Crippen molar-refractivity contribution in [2.45, 2.75) is 117 Å². The molecule has 8 nitrogen and oxygen atoms in total. The fraction of sp³-hybridized carbons (Fsp3) is 0.839. The van der Waals surface area contributed by atoms with Gasteiger partial charge in [0.15, 0.2) is 0 Å². The van der Waals surface area contributed by atoms with E-state index in [9.17, 15) is 24.6 Å². The first kappa shape index (κ1) is 29.9. The van der Waals surface area contributed by atoms with Crippen molar-refractivity contribution in [3.05, 3.63) is 11.6 Å². The van der Waals surface area contributed by atoms with Crippen molar-refractivity contribution in [2.24, 2.45) is 40.4 Å². The lowest BCUT2D eigenvalue weighted by molar-refractivity contribution is -0.140. The van der Waals surface area contributed by atoms with Gasteiger partial charge in [0.25, 0.3) is 0 Å². The normalized spacial score (nSPS) is 37.3. The van der Waals surface area contributed by atoms with E-state index >= 15 is 0 Å². The van der Waals surface area contributed by atoms with E-state index in [0.717, 1.165) is 44.9 Å². The number of carbonyl (C=O) groups is 3. The molecule has 0 saturated heterocycles. The van der Waals surface area contributed by atoms with E-state index in [-0.39, 0.29) is 41.7 Å². The molecular weight excluding hydrogens is 496 g/mol. The minimum absolute atomic E-state index is 0.0375. The Morgan fingerprint density at radius 2 is 1.82 bits per heavy atom. The maximum Gasteiger partial charge on any atom is 0.408 e. The van der Waals surface area contributed by atoms with Crippen LogP contribution in [-0.4, -0.2) is 52.5 Å². The fourth-order valence-corrected chi connectivity index (χ4v) is 8.89. The van der Waals surface area contributed by atoms with Gasteiger partial charge in [0.1, 0.15) is 11.6 Å². The van der Waals surface area contributed by atoms with E-state index in [1.165, 1.54) is 12.0 Å². The summed E-state index contributed by atoms with van der Waals surface area (Å²) in [5.41, 5.74) is 1.08. The minimum Gasteiger partial charge on any atom is -0.480 e. The zero-order valence-electron chi connectivity index (χ0n) is 24.7.